The molecule has 3 aromatic rings. The van der Waals surface area contributed by atoms with Crippen LogP contribution in [0.4, 0.5) is 17.5 Å². The van der Waals surface area contributed by atoms with Crippen molar-refractivity contribution in [1.29, 1.82) is 0 Å². The maximum Gasteiger partial charge on any atom is 0.232 e. The number of hydrogen-bond acceptors (Lipinski definition) is 4. The highest BCUT2D eigenvalue weighted by Gasteiger charge is 2.31. The van der Waals surface area contributed by atoms with E-state index >= 15 is 0 Å². The average Bonchev–Trinajstić information content (AvgIpc) is 3.16. The highest BCUT2D eigenvalue weighted by atomic mass is 15.3. The second-order valence-electron chi connectivity index (χ2n) is 8.68. The van der Waals surface area contributed by atoms with E-state index in [9.17, 15) is 0 Å². The molecule has 1 aromatic heterocycles. The van der Waals surface area contributed by atoms with E-state index in [2.05, 4.69) is 93.8 Å². The third kappa shape index (κ3) is 3.91. The number of anilines is 3. The normalized spacial score (nSPS) is 13.9. The van der Waals surface area contributed by atoms with Crippen molar-refractivity contribution in [3.63, 3.8) is 0 Å². The lowest BCUT2D eigenvalue weighted by Gasteiger charge is -2.31. The Morgan fingerprint density at radius 3 is 2.26 bits per heavy atom. The van der Waals surface area contributed by atoms with Crippen molar-refractivity contribution in [3.8, 4) is 0 Å². The second-order valence-corrected chi connectivity index (χ2v) is 8.68. The molecular weight excluding hydrogens is 380 g/mol. The zero-order valence-electron chi connectivity index (χ0n) is 19.7. The molecule has 0 amide bonds. The molecule has 0 N–H and O–H groups in total. The van der Waals surface area contributed by atoms with Crippen LogP contribution in [0.1, 0.15) is 59.8 Å². The van der Waals surface area contributed by atoms with Crippen LogP contribution in [-0.2, 0) is 6.42 Å². The van der Waals surface area contributed by atoms with Gasteiger partial charge in [-0.05, 0) is 64.2 Å². The van der Waals surface area contributed by atoms with Crippen LogP contribution in [0.15, 0.2) is 42.5 Å². The van der Waals surface area contributed by atoms with E-state index in [-0.39, 0.29) is 0 Å². The van der Waals surface area contributed by atoms with E-state index in [1.165, 1.54) is 33.5 Å². The first kappa shape index (κ1) is 21.4. The molecule has 1 unspecified atom stereocenters. The number of aromatic nitrogens is 2. The van der Waals surface area contributed by atoms with Gasteiger partial charge in [-0.15, -0.1) is 0 Å². The highest BCUT2D eigenvalue weighted by molar-refractivity contribution is 5.68. The summed E-state index contributed by atoms with van der Waals surface area (Å²) in [6.45, 7) is 14.9. The lowest BCUT2D eigenvalue weighted by atomic mass is 10.0. The molecule has 2 heterocycles. The molecule has 0 bridgehead atoms. The zero-order valence-corrected chi connectivity index (χ0v) is 19.7. The lowest BCUT2D eigenvalue weighted by molar-refractivity contribution is 0.615. The minimum absolute atomic E-state index is 0.336. The molecule has 162 valence electrons. The lowest BCUT2D eigenvalue weighted by Crippen LogP contribution is -2.28. The van der Waals surface area contributed by atoms with Gasteiger partial charge in [-0.1, -0.05) is 55.0 Å². The van der Waals surface area contributed by atoms with Gasteiger partial charge in [-0.2, -0.15) is 4.98 Å². The summed E-state index contributed by atoms with van der Waals surface area (Å²) >= 11 is 0. The molecular formula is C27H34N4. The molecule has 2 aromatic carbocycles. The van der Waals surface area contributed by atoms with Crippen LogP contribution < -0.4 is 9.80 Å². The van der Waals surface area contributed by atoms with Gasteiger partial charge in [0.15, 0.2) is 0 Å². The molecule has 4 rings (SSSR count). The summed E-state index contributed by atoms with van der Waals surface area (Å²) in [4.78, 5) is 14.9. The summed E-state index contributed by atoms with van der Waals surface area (Å²) in [6.07, 6.45) is 2.06. The maximum absolute atomic E-state index is 5.18. The van der Waals surface area contributed by atoms with Crippen LogP contribution in [0.5, 0.6) is 0 Å². The van der Waals surface area contributed by atoms with Crippen molar-refractivity contribution in [2.45, 2.75) is 60.4 Å². The first-order valence-corrected chi connectivity index (χ1v) is 11.5. The van der Waals surface area contributed by atoms with Gasteiger partial charge in [0.25, 0.3) is 0 Å². The fourth-order valence-electron chi connectivity index (χ4n) is 5.17. The largest absolute Gasteiger partial charge is 0.349 e. The Labute approximate surface area is 187 Å². The molecule has 0 fully saturated rings. The molecule has 0 radical (unpaired) electrons. The number of benzene rings is 2. The summed E-state index contributed by atoms with van der Waals surface area (Å²) in [6, 6.07) is 15.7. The summed E-state index contributed by atoms with van der Waals surface area (Å²) in [5.74, 6) is 1.92. The second kappa shape index (κ2) is 8.70. The first-order valence-electron chi connectivity index (χ1n) is 11.5. The highest BCUT2D eigenvalue weighted by Crippen LogP contribution is 2.39. The Bertz CT molecular complexity index is 1050. The van der Waals surface area contributed by atoms with Crippen LogP contribution in [0.2, 0.25) is 0 Å². The number of hydrogen-bond donors (Lipinski definition) is 0. The number of aryl methyl sites for hydroxylation is 4. The SMILES string of the molecule is CCC(c1ccccc1)N1CCc2c(C)nc(N(CC)c3c(C)cc(C)cc3C)nc21. The Hall–Kier alpha value is -2.88. The molecule has 31 heavy (non-hydrogen) atoms. The van der Waals surface area contributed by atoms with Crippen LogP contribution in [0.25, 0.3) is 0 Å². The Morgan fingerprint density at radius 2 is 1.65 bits per heavy atom. The van der Waals surface area contributed by atoms with Gasteiger partial charge in [0.1, 0.15) is 5.82 Å². The molecule has 4 nitrogen and oxygen atoms in total. The quantitative estimate of drug-likeness (QED) is 0.468. The molecule has 0 aliphatic carbocycles. The van der Waals surface area contributed by atoms with Crippen molar-refractivity contribution in [2.75, 3.05) is 22.9 Å². The standard InChI is InChI=1S/C27H34N4/c1-7-24(22-12-10-9-11-13-22)31-15-14-23-21(6)28-27(29-26(23)31)30(8-2)25-19(4)16-18(3)17-20(25)5/h9-13,16-17,24H,7-8,14-15H2,1-6H3. The zero-order chi connectivity index (χ0) is 22.1. The monoisotopic (exact) mass is 414 g/mol. The smallest absolute Gasteiger partial charge is 0.232 e. The van der Waals surface area contributed by atoms with Gasteiger partial charge in [0.05, 0.1) is 6.04 Å². The van der Waals surface area contributed by atoms with E-state index in [0.29, 0.717) is 6.04 Å². The van der Waals surface area contributed by atoms with Gasteiger partial charge >= 0.3 is 0 Å². The van der Waals surface area contributed by atoms with Gasteiger partial charge < -0.3 is 9.80 Å². The van der Waals surface area contributed by atoms with E-state index in [4.69, 9.17) is 9.97 Å². The maximum atomic E-state index is 5.18. The molecule has 4 heteroatoms. The summed E-state index contributed by atoms with van der Waals surface area (Å²) in [7, 11) is 0. The van der Waals surface area contributed by atoms with Crippen LogP contribution in [0, 0.1) is 27.7 Å². The van der Waals surface area contributed by atoms with Crippen molar-refractivity contribution in [3.05, 3.63) is 76.0 Å². The summed E-state index contributed by atoms with van der Waals surface area (Å²) < 4.78 is 0. The third-order valence-electron chi connectivity index (χ3n) is 6.47. The summed E-state index contributed by atoms with van der Waals surface area (Å²) in [5.41, 5.74) is 8.82. The summed E-state index contributed by atoms with van der Waals surface area (Å²) in [5, 5.41) is 0. The van der Waals surface area contributed by atoms with E-state index in [1.54, 1.807) is 0 Å². The molecule has 1 aliphatic rings. The predicted molar refractivity (Wildman–Crippen MR) is 131 cm³/mol. The van der Waals surface area contributed by atoms with E-state index in [0.717, 1.165) is 43.4 Å². The minimum Gasteiger partial charge on any atom is -0.349 e. The number of nitrogens with zero attached hydrogens (tertiary/aromatic N) is 4. The predicted octanol–water partition coefficient (Wildman–Crippen LogP) is 6.38. The molecule has 0 spiro atoms. The Morgan fingerprint density at radius 1 is 0.968 bits per heavy atom. The van der Waals surface area contributed by atoms with E-state index in [1.807, 2.05) is 0 Å². The van der Waals surface area contributed by atoms with Crippen LogP contribution >= 0.6 is 0 Å². The third-order valence-corrected chi connectivity index (χ3v) is 6.47. The van der Waals surface area contributed by atoms with E-state index < -0.39 is 0 Å². The van der Waals surface area contributed by atoms with Crippen molar-refractivity contribution >= 4 is 17.5 Å². The molecule has 1 atom stereocenters. The van der Waals surface area contributed by atoms with Gasteiger partial charge in [-0.3, -0.25) is 0 Å². The van der Waals surface area contributed by atoms with Crippen LogP contribution in [0.3, 0.4) is 0 Å². The van der Waals surface area contributed by atoms with Crippen molar-refractivity contribution in [2.24, 2.45) is 0 Å². The number of fused-ring (bicyclic) bond motifs is 1. The molecule has 0 saturated carbocycles. The Kier molecular flexibility index (Phi) is 5.99. The van der Waals surface area contributed by atoms with Gasteiger partial charge in [0, 0.05) is 30.0 Å². The van der Waals surface area contributed by atoms with Gasteiger partial charge in [-0.25, -0.2) is 4.98 Å². The molecule has 1 aliphatic heterocycles. The number of rotatable bonds is 6. The topological polar surface area (TPSA) is 32.3 Å². The van der Waals surface area contributed by atoms with Crippen LogP contribution in [-0.4, -0.2) is 23.1 Å². The Balaban J connectivity index is 1.79. The van der Waals surface area contributed by atoms with Gasteiger partial charge in [0.2, 0.25) is 5.95 Å². The van der Waals surface area contributed by atoms with Crippen molar-refractivity contribution < 1.29 is 0 Å². The minimum atomic E-state index is 0.336. The first-order chi connectivity index (χ1) is 14.9. The fraction of sp³-hybridized carbons (Fsp3) is 0.407. The fourth-order valence-corrected chi connectivity index (χ4v) is 5.17. The molecule has 0 saturated heterocycles. The van der Waals surface area contributed by atoms with Crippen molar-refractivity contribution in [1.82, 2.24) is 9.97 Å². The average molecular weight is 415 g/mol.